The lowest BCUT2D eigenvalue weighted by Gasteiger charge is -2.15. The minimum absolute atomic E-state index is 0.0824. The highest BCUT2D eigenvalue weighted by Crippen LogP contribution is 2.31. The zero-order chi connectivity index (χ0) is 15.3. The molecule has 0 aliphatic heterocycles. The van der Waals surface area contributed by atoms with Crippen LogP contribution in [0.15, 0.2) is 18.2 Å². The first-order valence-electron chi connectivity index (χ1n) is 6.00. The fourth-order valence-corrected chi connectivity index (χ4v) is 1.91. The Morgan fingerprint density at radius 2 is 1.65 bits per heavy atom. The van der Waals surface area contributed by atoms with Crippen LogP contribution in [-0.2, 0) is 9.59 Å². The normalized spacial score (nSPS) is 11.6. The van der Waals surface area contributed by atoms with E-state index in [1.165, 1.54) is 14.2 Å². The van der Waals surface area contributed by atoms with E-state index in [4.69, 9.17) is 14.6 Å². The van der Waals surface area contributed by atoms with Gasteiger partial charge in [0, 0.05) is 0 Å². The highest BCUT2D eigenvalue weighted by atomic mass is 16.5. The van der Waals surface area contributed by atoms with Crippen molar-refractivity contribution in [1.29, 1.82) is 0 Å². The molecule has 20 heavy (non-hydrogen) atoms. The van der Waals surface area contributed by atoms with Crippen molar-refractivity contribution < 1.29 is 29.0 Å². The Bertz CT molecular complexity index is 512. The van der Waals surface area contributed by atoms with E-state index < -0.39 is 23.5 Å². The molecular formula is C14H16O6. The number of carbonyl (C=O) groups excluding carboxylic acids is 2. The van der Waals surface area contributed by atoms with Crippen LogP contribution in [0.2, 0.25) is 0 Å². The standard InChI is InChI=1S/C14H16O6/c1-4-8(13(16)14(17)18)12(15)11-9(19-2)6-5-7-10(11)20-3/h5-8H,4H2,1-3H3,(H,17,18). The maximum Gasteiger partial charge on any atom is 0.372 e. The Balaban J connectivity index is 3.32. The molecule has 0 saturated carbocycles. The van der Waals surface area contributed by atoms with Crippen LogP contribution in [0.1, 0.15) is 23.7 Å². The second-order valence-corrected chi connectivity index (χ2v) is 4.03. The van der Waals surface area contributed by atoms with Crippen molar-refractivity contribution >= 4 is 17.5 Å². The lowest BCUT2D eigenvalue weighted by atomic mass is 9.90. The number of carboxylic acid groups (broad SMARTS) is 1. The van der Waals surface area contributed by atoms with Gasteiger partial charge >= 0.3 is 5.97 Å². The summed E-state index contributed by atoms with van der Waals surface area (Å²) < 4.78 is 10.2. The summed E-state index contributed by atoms with van der Waals surface area (Å²) in [6, 6.07) is 4.73. The number of ketones is 2. The fraction of sp³-hybridized carbons (Fsp3) is 0.357. The number of carbonyl (C=O) groups is 3. The third-order valence-corrected chi connectivity index (χ3v) is 2.93. The van der Waals surface area contributed by atoms with Gasteiger partial charge in [-0.25, -0.2) is 4.79 Å². The fourth-order valence-electron chi connectivity index (χ4n) is 1.91. The predicted molar refractivity (Wildman–Crippen MR) is 70.3 cm³/mol. The predicted octanol–water partition coefficient (Wildman–Crippen LogP) is 1.57. The zero-order valence-corrected chi connectivity index (χ0v) is 11.5. The molecule has 6 heteroatoms. The van der Waals surface area contributed by atoms with Crippen molar-refractivity contribution in [2.45, 2.75) is 13.3 Å². The number of Topliss-reactive ketones (excluding diaryl/α,β-unsaturated/α-hetero) is 2. The average molecular weight is 280 g/mol. The molecule has 0 aliphatic carbocycles. The van der Waals surface area contributed by atoms with Gasteiger partial charge < -0.3 is 14.6 Å². The molecule has 1 N–H and O–H groups in total. The molecule has 1 atom stereocenters. The van der Waals surface area contributed by atoms with Crippen molar-refractivity contribution in [3.05, 3.63) is 23.8 Å². The van der Waals surface area contributed by atoms with E-state index >= 15 is 0 Å². The maximum absolute atomic E-state index is 12.4. The van der Waals surface area contributed by atoms with Crippen molar-refractivity contribution in [3.63, 3.8) is 0 Å². The monoisotopic (exact) mass is 280 g/mol. The smallest absolute Gasteiger partial charge is 0.372 e. The van der Waals surface area contributed by atoms with E-state index in [2.05, 4.69) is 0 Å². The molecule has 6 nitrogen and oxygen atoms in total. The number of rotatable bonds is 7. The quantitative estimate of drug-likeness (QED) is 0.463. The van der Waals surface area contributed by atoms with Gasteiger partial charge in [0.1, 0.15) is 17.1 Å². The van der Waals surface area contributed by atoms with E-state index in [1.807, 2.05) is 0 Å². The number of hydrogen-bond donors (Lipinski definition) is 1. The number of aliphatic carboxylic acids is 1. The van der Waals surface area contributed by atoms with Crippen molar-refractivity contribution in [3.8, 4) is 11.5 Å². The van der Waals surface area contributed by atoms with Gasteiger partial charge in [0.05, 0.1) is 20.1 Å². The molecule has 1 rings (SSSR count). The molecule has 0 aliphatic rings. The van der Waals surface area contributed by atoms with Crippen molar-refractivity contribution in [2.24, 2.45) is 5.92 Å². The molecule has 1 aromatic rings. The van der Waals surface area contributed by atoms with Gasteiger partial charge in [0.2, 0.25) is 0 Å². The van der Waals surface area contributed by atoms with E-state index in [-0.39, 0.29) is 23.5 Å². The van der Waals surface area contributed by atoms with Gasteiger partial charge in [0.15, 0.2) is 5.78 Å². The lowest BCUT2D eigenvalue weighted by Crippen LogP contribution is -2.30. The molecular weight excluding hydrogens is 264 g/mol. The second kappa shape index (κ2) is 6.70. The maximum atomic E-state index is 12.4. The molecule has 0 bridgehead atoms. The van der Waals surface area contributed by atoms with Crippen LogP contribution >= 0.6 is 0 Å². The lowest BCUT2D eigenvalue weighted by molar-refractivity contribution is -0.150. The summed E-state index contributed by atoms with van der Waals surface area (Å²) in [6.45, 7) is 1.57. The van der Waals surface area contributed by atoms with Gasteiger partial charge in [-0.1, -0.05) is 13.0 Å². The third kappa shape index (κ3) is 2.96. The van der Waals surface area contributed by atoms with Crippen LogP contribution in [0.25, 0.3) is 0 Å². The molecule has 108 valence electrons. The van der Waals surface area contributed by atoms with E-state index in [1.54, 1.807) is 25.1 Å². The van der Waals surface area contributed by atoms with Crippen molar-refractivity contribution in [1.82, 2.24) is 0 Å². The Morgan fingerprint density at radius 1 is 1.15 bits per heavy atom. The summed E-state index contributed by atoms with van der Waals surface area (Å²) in [5.74, 6) is -4.14. The minimum atomic E-state index is -1.63. The van der Waals surface area contributed by atoms with E-state index in [0.29, 0.717) is 0 Å². The van der Waals surface area contributed by atoms with Crippen LogP contribution in [0.5, 0.6) is 11.5 Å². The number of benzene rings is 1. The van der Waals surface area contributed by atoms with Crippen LogP contribution in [0.3, 0.4) is 0 Å². The number of ether oxygens (including phenoxy) is 2. The Kier molecular flexibility index (Phi) is 5.25. The highest BCUT2D eigenvalue weighted by Gasteiger charge is 2.33. The molecule has 0 amide bonds. The summed E-state index contributed by atoms with van der Waals surface area (Å²) in [4.78, 5) is 34.8. The Hall–Kier alpha value is -2.37. The second-order valence-electron chi connectivity index (χ2n) is 4.03. The first-order chi connectivity index (χ1) is 9.47. The van der Waals surface area contributed by atoms with Crippen LogP contribution in [-0.4, -0.2) is 36.9 Å². The first kappa shape index (κ1) is 15.7. The topological polar surface area (TPSA) is 89.9 Å². The van der Waals surface area contributed by atoms with Crippen molar-refractivity contribution in [2.75, 3.05) is 14.2 Å². The SMILES string of the molecule is CCC(C(=O)C(=O)O)C(=O)c1c(OC)cccc1OC. The Labute approximate surface area is 116 Å². The summed E-state index contributed by atoms with van der Waals surface area (Å²) in [5.41, 5.74) is 0.0824. The summed E-state index contributed by atoms with van der Waals surface area (Å²) >= 11 is 0. The van der Waals surface area contributed by atoms with Gasteiger partial charge in [-0.3, -0.25) is 9.59 Å². The Morgan fingerprint density at radius 3 is 2.00 bits per heavy atom. The van der Waals surface area contributed by atoms with E-state index in [9.17, 15) is 14.4 Å². The molecule has 1 aromatic carbocycles. The summed E-state index contributed by atoms with van der Waals surface area (Å²) in [7, 11) is 2.76. The third-order valence-electron chi connectivity index (χ3n) is 2.93. The van der Waals surface area contributed by atoms with Gasteiger partial charge in [0.25, 0.3) is 5.78 Å². The average Bonchev–Trinajstić information content (AvgIpc) is 2.46. The molecule has 0 heterocycles. The molecule has 0 aromatic heterocycles. The molecule has 0 saturated heterocycles. The zero-order valence-electron chi connectivity index (χ0n) is 11.5. The molecule has 0 fully saturated rings. The van der Waals surface area contributed by atoms with Gasteiger partial charge in [-0.2, -0.15) is 0 Å². The van der Waals surface area contributed by atoms with Crippen LogP contribution in [0, 0.1) is 5.92 Å². The summed E-state index contributed by atoms with van der Waals surface area (Å²) in [6.07, 6.45) is 0.0885. The largest absolute Gasteiger partial charge is 0.496 e. The number of carboxylic acids is 1. The van der Waals surface area contributed by atoms with Crippen LogP contribution in [0.4, 0.5) is 0 Å². The summed E-state index contributed by atoms with van der Waals surface area (Å²) in [5, 5.41) is 8.77. The number of methoxy groups -OCH3 is 2. The highest BCUT2D eigenvalue weighted by molar-refractivity contribution is 6.39. The van der Waals surface area contributed by atoms with Crippen LogP contribution < -0.4 is 9.47 Å². The van der Waals surface area contributed by atoms with Gasteiger partial charge in [-0.05, 0) is 18.6 Å². The molecule has 1 unspecified atom stereocenters. The van der Waals surface area contributed by atoms with E-state index in [0.717, 1.165) is 0 Å². The molecule has 0 spiro atoms. The number of hydrogen-bond acceptors (Lipinski definition) is 5. The minimum Gasteiger partial charge on any atom is -0.496 e. The van der Waals surface area contributed by atoms with Gasteiger partial charge in [-0.15, -0.1) is 0 Å². The first-order valence-corrected chi connectivity index (χ1v) is 6.00. The molecule has 0 radical (unpaired) electrons.